The Morgan fingerprint density at radius 1 is 1.38 bits per heavy atom. The van der Waals surface area contributed by atoms with Gasteiger partial charge in [0.25, 0.3) is 0 Å². The molecule has 1 heterocycles. The van der Waals surface area contributed by atoms with Crippen LogP contribution in [-0.4, -0.2) is 5.11 Å². The molecule has 0 saturated heterocycles. The van der Waals surface area contributed by atoms with E-state index in [-0.39, 0.29) is 6.61 Å². The van der Waals surface area contributed by atoms with E-state index in [1.807, 2.05) is 6.07 Å². The van der Waals surface area contributed by atoms with Crippen molar-refractivity contribution >= 4 is 11.0 Å². The third kappa shape index (κ3) is 1.28. The molecular weight excluding hydrogens is 166 g/mol. The Labute approximate surface area is 74.8 Å². The minimum atomic E-state index is 0.00298. The van der Waals surface area contributed by atoms with Gasteiger partial charge in [0.2, 0.25) is 5.76 Å². The van der Waals surface area contributed by atoms with Crippen LogP contribution in [0.2, 0.25) is 0 Å². The lowest BCUT2D eigenvalue weighted by Gasteiger charge is -1.93. The highest BCUT2D eigenvalue weighted by molar-refractivity contribution is 5.79. The van der Waals surface area contributed by atoms with Gasteiger partial charge in [0.15, 0.2) is 0 Å². The lowest BCUT2D eigenvalue weighted by molar-refractivity contribution is 0.282. The third-order valence-corrected chi connectivity index (χ3v) is 1.87. The number of nitriles is 1. The highest BCUT2D eigenvalue weighted by Gasteiger charge is 2.02. The number of hydrogen-bond acceptors (Lipinski definition) is 3. The van der Waals surface area contributed by atoms with Gasteiger partial charge < -0.3 is 9.52 Å². The monoisotopic (exact) mass is 173 g/mol. The molecule has 0 atom stereocenters. The quantitative estimate of drug-likeness (QED) is 0.715. The van der Waals surface area contributed by atoms with Gasteiger partial charge in [-0.05, 0) is 17.7 Å². The van der Waals surface area contributed by atoms with Gasteiger partial charge in [0.05, 0.1) is 6.61 Å². The predicted molar refractivity (Wildman–Crippen MR) is 46.9 cm³/mol. The maximum absolute atomic E-state index is 8.87. The minimum Gasteiger partial charge on any atom is -0.446 e. The lowest BCUT2D eigenvalue weighted by Crippen LogP contribution is -1.79. The molecule has 3 nitrogen and oxygen atoms in total. The van der Waals surface area contributed by atoms with E-state index in [2.05, 4.69) is 0 Å². The Hall–Kier alpha value is -1.79. The zero-order valence-corrected chi connectivity index (χ0v) is 6.82. The van der Waals surface area contributed by atoms with Crippen molar-refractivity contribution in [3.8, 4) is 6.07 Å². The van der Waals surface area contributed by atoms with E-state index >= 15 is 0 Å². The molecule has 64 valence electrons. The average molecular weight is 173 g/mol. The summed E-state index contributed by atoms with van der Waals surface area (Å²) in [6.45, 7) is 0.00298. The Kier molecular flexibility index (Phi) is 1.76. The van der Waals surface area contributed by atoms with Crippen LogP contribution >= 0.6 is 0 Å². The van der Waals surface area contributed by atoms with Gasteiger partial charge in [-0.15, -0.1) is 0 Å². The summed E-state index contributed by atoms with van der Waals surface area (Å²) < 4.78 is 5.17. The van der Waals surface area contributed by atoms with E-state index in [1.54, 1.807) is 24.3 Å². The molecule has 0 unspecified atom stereocenters. The Morgan fingerprint density at radius 3 is 2.92 bits per heavy atom. The second-order valence-electron chi connectivity index (χ2n) is 2.75. The minimum absolute atomic E-state index is 0.00298. The number of nitrogens with zero attached hydrogens (tertiary/aromatic N) is 1. The molecule has 0 fully saturated rings. The largest absolute Gasteiger partial charge is 0.446 e. The summed E-state index contributed by atoms with van der Waals surface area (Å²) in [5.41, 5.74) is 1.49. The van der Waals surface area contributed by atoms with Crippen molar-refractivity contribution in [1.82, 2.24) is 0 Å². The molecular formula is C10H7NO2. The molecule has 0 aliphatic rings. The van der Waals surface area contributed by atoms with Crippen LogP contribution < -0.4 is 0 Å². The summed E-state index contributed by atoms with van der Waals surface area (Å²) in [5.74, 6) is 0.296. The van der Waals surface area contributed by atoms with E-state index in [0.29, 0.717) is 11.3 Å². The molecule has 0 aliphatic heterocycles. The average Bonchev–Trinajstić information content (AvgIpc) is 2.58. The van der Waals surface area contributed by atoms with E-state index in [1.165, 1.54) is 0 Å². The maximum Gasteiger partial charge on any atom is 0.204 e. The van der Waals surface area contributed by atoms with Gasteiger partial charge >= 0.3 is 0 Å². The van der Waals surface area contributed by atoms with Crippen LogP contribution in [0.1, 0.15) is 11.3 Å². The second-order valence-corrected chi connectivity index (χ2v) is 2.75. The molecule has 2 rings (SSSR count). The summed E-state index contributed by atoms with van der Waals surface area (Å²) in [6.07, 6.45) is 0. The topological polar surface area (TPSA) is 57.2 Å². The van der Waals surface area contributed by atoms with Crippen LogP contribution in [0.4, 0.5) is 0 Å². The first kappa shape index (κ1) is 7.84. The van der Waals surface area contributed by atoms with Gasteiger partial charge in [0.1, 0.15) is 11.7 Å². The molecule has 0 spiro atoms. The van der Waals surface area contributed by atoms with Gasteiger partial charge in [-0.25, -0.2) is 0 Å². The van der Waals surface area contributed by atoms with Gasteiger partial charge in [0, 0.05) is 11.5 Å². The normalized spacial score (nSPS) is 10.2. The number of hydrogen-bond donors (Lipinski definition) is 1. The number of rotatable bonds is 1. The number of benzene rings is 1. The van der Waals surface area contributed by atoms with E-state index < -0.39 is 0 Å². The number of fused-ring (bicyclic) bond motifs is 1. The molecule has 1 aromatic heterocycles. The Morgan fingerprint density at radius 2 is 2.23 bits per heavy atom. The van der Waals surface area contributed by atoms with Crippen LogP contribution in [0.25, 0.3) is 11.0 Å². The molecule has 0 amide bonds. The standard InChI is InChI=1S/C10H7NO2/c11-5-9-4-8-3-7(6-12)1-2-10(8)13-9/h1-4,12H,6H2. The van der Waals surface area contributed by atoms with Crippen LogP contribution in [0.5, 0.6) is 0 Å². The second kappa shape index (κ2) is 2.92. The predicted octanol–water partition coefficient (Wildman–Crippen LogP) is 1.80. The van der Waals surface area contributed by atoms with Crippen molar-refractivity contribution in [3.05, 3.63) is 35.6 Å². The molecule has 2 aromatic rings. The van der Waals surface area contributed by atoms with Crippen LogP contribution in [0.3, 0.4) is 0 Å². The van der Waals surface area contributed by atoms with Crippen molar-refractivity contribution in [2.24, 2.45) is 0 Å². The lowest BCUT2D eigenvalue weighted by atomic mass is 10.2. The number of aliphatic hydroxyl groups excluding tert-OH is 1. The van der Waals surface area contributed by atoms with Crippen molar-refractivity contribution in [1.29, 1.82) is 5.26 Å². The summed E-state index contributed by atoms with van der Waals surface area (Å²) in [5, 5.41) is 18.3. The zero-order chi connectivity index (χ0) is 9.26. The molecule has 1 aromatic carbocycles. The smallest absolute Gasteiger partial charge is 0.204 e. The van der Waals surface area contributed by atoms with Gasteiger partial charge in [-0.2, -0.15) is 5.26 Å². The van der Waals surface area contributed by atoms with Crippen molar-refractivity contribution in [3.63, 3.8) is 0 Å². The fourth-order valence-corrected chi connectivity index (χ4v) is 1.25. The van der Waals surface area contributed by atoms with Crippen LogP contribution in [0, 0.1) is 11.3 Å². The fraction of sp³-hybridized carbons (Fsp3) is 0.100. The zero-order valence-electron chi connectivity index (χ0n) is 6.82. The van der Waals surface area contributed by atoms with E-state index in [0.717, 1.165) is 10.9 Å². The summed E-state index contributed by atoms with van der Waals surface area (Å²) in [6, 6.07) is 8.91. The van der Waals surface area contributed by atoms with Crippen molar-refractivity contribution in [2.75, 3.05) is 0 Å². The molecule has 0 aliphatic carbocycles. The van der Waals surface area contributed by atoms with E-state index in [4.69, 9.17) is 14.8 Å². The fourth-order valence-electron chi connectivity index (χ4n) is 1.25. The maximum atomic E-state index is 8.87. The Bertz CT molecular complexity index is 479. The highest BCUT2D eigenvalue weighted by atomic mass is 16.3. The molecule has 1 N–H and O–H groups in total. The van der Waals surface area contributed by atoms with Gasteiger partial charge in [-0.3, -0.25) is 0 Å². The molecule has 3 heteroatoms. The molecule has 13 heavy (non-hydrogen) atoms. The SMILES string of the molecule is N#Cc1cc2cc(CO)ccc2o1. The third-order valence-electron chi connectivity index (χ3n) is 1.87. The number of aliphatic hydroxyl groups is 1. The van der Waals surface area contributed by atoms with Crippen LogP contribution in [-0.2, 0) is 6.61 Å². The number of furan rings is 1. The summed E-state index contributed by atoms with van der Waals surface area (Å²) in [4.78, 5) is 0. The first-order chi connectivity index (χ1) is 6.33. The molecule has 0 bridgehead atoms. The first-order valence-electron chi connectivity index (χ1n) is 3.87. The van der Waals surface area contributed by atoms with Crippen molar-refractivity contribution < 1.29 is 9.52 Å². The van der Waals surface area contributed by atoms with E-state index in [9.17, 15) is 0 Å². The van der Waals surface area contributed by atoms with Gasteiger partial charge in [-0.1, -0.05) is 6.07 Å². The highest BCUT2D eigenvalue weighted by Crippen LogP contribution is 2.20. The molecule has 0 saturated carbocycles. The summed E-state index contributed by atoms with van der Waals surface area (Å²) in [7, 11) is 0. The first-order valence-corrected chi connectivity index (χ1v) is 3.87. The van der Waals surface area contributed by atoms with Crippen molar-refractivity contribution in [2.45, 2.75) is 6.61 Å². The summed E-state index contributed by atoms with van der Waals surface area (Å²) >= 11 is 0. The van der Waals surface area contributed by atoms with Crippen LogP contribution in [0.15, 0.2) is 28.7 Å². The molecule has 0 radical (unpaired) electrons. The Balaban J connectivity index is 2.65.